The number of fused-ring (bicyclic) bond motifs is 1. The van der Waals surface area contributed by atoms with Gasteiger partial charge in [0.25, 0.3) is 5.56 Å². The van der Waals surface area contributed by atoms with Crippen LogP contribution < -0.4 is 16.7 Å². The quantitative estimate of drug-likeness (QED) is 0.463. The van der Waals surface area contributed by atoms with Gasteiger partial charge in [0.15, 0.2) is 11.2 Å². The summed E-state index contributed by atoms with van der Waals surface area (Å²) in [5.74, 6) is 0.398. The smallest absolute Gasteiger partial charge is 0.303 e. The SMILES string of the molecule is CCCn1c(N/N=C/C(Br)=C/c2ccccc2)nc2c1c(=O)[nH]c(=O)n2C. The van der Waals surface area contributed by atoms with Crippen molar-refractivity contribution < 1.29 is 0 Å². The Balaban J connectivity index is 1.93. The van der Waals surface area contributed by atoms with Crippen LogP contribution >= 0.6 is 15.9 Å². The molecule has 27 heavy (non-hydrogen) atoms. The lowest BCUT2D eigenvalue weighted by atomic mass is 10.2. The minimum Gasteiger partial charge on any atom is -0.303 e. The zero-order valence-electron chi connectivity index (χ0n) is 14.9. The number of hydrazone groups is 1. The lowest BCUT2D eigenvalue weighted by molar-refractivity contribution is 0.698. The maximum absolute atomic E-state index is 12.2. The van der Waals surface area contributed by atoms with Crippen molar-refractivity contribution in [3.05, 3.63) is 61.2 Å². The molecule has 0 aliphatic rings. The Morgan fingerprint density at radius 3 is 2.78 bits per heavy atom. The molecule has 0 saturated heterocycles. The van der Waals surface area contributed by atoms with Crippen LogP contribution in [0.15, 0.2) is 49.5 Å². The van der Waals surface area contributed by atoms with Crippen LogP contribution in [0.5, 0.6) is 0 Å². The Bertz CT molecular complexity index is 1120. The molecular formula is C18H19BrN6O2. The summed E-state index contributed by atoms with van der Waals surface area (Å²) < 4.78 is 3.80. The van der Waals surface area contributed by atoms with Crippen molar-refractivity contribution in [3.63, 3.8) is 0 Å². The highest BCUT2D eigenvalue weighted by atomic mass is 79.9. The molecule has 0 unspecified atom stereocenters. The van der Waals surface area contributed by atoms with E-state index >= 15 is 0 Å². The van der Waals surface area contributed by atoms with Crippen LogP contribution in [0.2, 0.25) is 0 Å². The van der Waals surface area contributed by atoms with E-state index in [0.717, 1.165) is 16.5 Å². The topological polar surface area (TPSA) is 97.1 Å². The van der Waals surface area contributed by atoms with Crippen molar-refractivity contribution >= 4 is 45.3 Å². The molecule has 3 aromatic rings. The number of rotatable bonds is 6. The van der Waals surface area contributed by atoms with Crippen LogP contribution in [-0.2, 0) is 13.6 Å². The first-order valence-corrected chi connectivity index (χ1v) is 9.21. The van der Waals surface area contributed by atoms with E-state index in [4.69, 9.17) is 0 Å². The number of allylic oxidation sites excluding steroid dienone is 1. The molecule has 1 aromatic carbocycles. The number of aryl methyl sites for hydroxylation is 2. The second-order valence-corrected chi connectivity index (χ2v) is 6.80. The van der Waals surface area contributed by atoms with Crippen LogP contribution in [0.25, 0.3) is 17.2 Å². The Kier molecular flexibility index (Phi) is 5.70. The predicted octanol–water partition coefficient (Wildman–Crippen LogP) is 2.67. The molecule has 140 valence electrons. The van der Waals surface area contributed by atoms with Crippen molar-refractivity contribution in [1.29, 1.82) is 0 Å². The highest BCUT2D eigenvalue weighted by Gasteiger charge is 2.16. The van der Waals surface area contributed by atoms with Crippen LogP contribution in [0.3, 0.4) is 0 Å². The lowest BCUT2D eigenvalue weighted by Gasteiger charge is -2.05. The maximum atomic E-state index is 12.2. The van der Waals surface area contributed by atoms with Crippen LogP contribution in [0.1, 0.15) is 18.9 Å². The first-order chi connectivity index (χ1) is 13.0. The molecule has 0 radical (unpaired) electrons. The number of halogens is 1. The summed E-state index contributed by atoms with van der Waals surface area (Å²) in [7, 11) is 1.57. The molecule has 0 atom stereocenters. The zero-order valence-corrected chi connectivity index (χ0v) is 16.5. The van der Waals surface area contributed by atoms with Gasteiger partial charge in [-0.25, -0.2) is 10.2 Å². The number of aromatic nitrogens is 4. The molecule has 0 amide bonds. The minimum absolute atomic E-state index is 0.314. The summed E-state index contributed by atoms with van der Waals surface area (Å²) in [4.78, 5) is 30.7. The van der Waals surface area contributed by atoms with Crippen molar-refractivity contribution in [1.82, 2.24) is 19.1 Å². The molecule has 0 saturated carbocycles. The number of nitrogens with one attached hydrogen (secondary N) is 2. The Labute approximate surface area is 163 Å². The number of aromatic amines is 1. The van der Waals surface area contributed by atoms with Gasteiger partial charge >= 0.3 is 5.69 Å². The van der Waals surface area contributed by atoms with Crippen LogP contribution in [0, 0.1) is 0 Å². The number of anilines is 1. The second-order valence-electron chi connectivity index (χ2n) is 5.89. The van der Waals surface area contributed by atoms with E-state index in [1.807, 2.05) is 43.3 Å². The Morgan fingerprint density at radius 2 is 2.07 bits per heavy atom. The van der Waals surface area contributed by atoms with Gasteiger partial charge in [-0.3, -0.25) is 14.3 Å². The first kappa shape index (κ1) is 18.8. The average Bonchev–Trinajstić information content (AvgIpc) is 3.00. The van der Waals surface area contributed by atoms with E-state index in [1.165, 1.54) is 4.57 Å². The van der Waals surface area contributed by atoms with E-state index in [1.54, 1.807) is 17.8 Å². The minimum atomic E-state index is -0.503. The van der Waals surface area contributed by atoms with Crippen molar-refractivity contribution in [2.45, 2.75) is 19.9 Å². The van der Waals surface area contributed by atoms with Gasteiger partial charge in [0, 0.05) is 18.1 Å². The third-order valence-electron chi connectivity index (χ3n) is 3.91. The number of hydrogen-bond donors (Lipinski definition) is 2. The molecule has 2 heterocycles. The number of hydrogen-bond acceptors (Lipinski definition) is 5. The highest BCUT2D eigenvalue weighted by Crippen LogP contribution is 2.16. The number of benzene rings is 1. The molecule has 0 aliphatic carbocycles. The standard InChI is InChI=1S/C18H19BrN6O2/c1-3-9-25-14-15(24(2)18(27)22-16(14)26)21-17(25)23-20-11-13(19)10-12-7-5-4-6-8-12/h4-8,10-11H,3,9H2,1-2H3,(H,21,23)(H,22,26,27)/b13-10-,20-11+. The second kappa shape index (κ2) is 8.17. The fourth-order valence-electron chi connectivity index (χ4n) is 2.66. The molecule has 9 heteroatoms. The zero-order chi connectivity index (χ0) is 19.4. The lowest BCUT2D eigenvalue weighted by Crippen LogP contribution is -2.29. The summed E-state index contributed by atoms with van der Waals surface area (Å²) in [6.07, 6.45) is 4.32. The van der Waals surface area contributed by atoms with Gasteiger partial charge in [0.2, 0.25) is 5.95 Å². The Morgan fingerprint density at radius 1 is 1.33 bits per heavy atom. The molecule has 0 aliphatic heterocycles. The summed E-state index contributed by atoms with van der Waals surface area (Å²) in [5, 5.41) is 4.18. The fourth-order valence-corrected chi connectivity index (χ4v) is 3.03. The Hall–Kier alpha value is -2.94. The van der Waals surface area contributed by atoms with Crippen molar-refractivity contribution in [2.75, 3.05) is 5.43 Å². The van der Waals surface area contributed by atoms with Crippen LogP contribution in [0.4, 0.5) is 5.95 Å². The highest BCUT2D eigenvalue weighted by molar-refractivity contribution is 9.12. The molecule has 0 bridgehead atoms. The van der Waals surface area contributed by atoms with Gasteiger partial charge in [-0.2, -0.15) is 10.1 Å². The summed E-state index contributed by atoms with van der Waals surface area (Å²) in [6.45, 7) is 2.56. The number of imidazole rings is 1. The predicted molar refractivity (Wildman–Crippen MR) is 111 cm³/mol. The maximum Gasteiger partial charge on any atom is 0.329 e. The van der Waals surface area contributed by atoms with E-state index in [2.05, 4.69) is 36.4 Å². The molecule has 0 fully saturated rings. The normalized spacial score (nSPS) is 12.2. The molecular weight excluding hydrogens is 412 g/mol. The van der Waals surface area contributed by atoms with Gasteiger partial charge in [0.1, 0.15) is 0 Å². The van der Waals surface area contributed by atoms with E-state index in [9.17, 15) is 9.59 Å². The summed E-state index contributed by atoms with van der Waals surface area (Å²) in [6, 6.07) is 9.83. The van der Waals surface area contributed by atoms with Crippen molar-refractivity contribution in [2.24, 2.45) is 12.1 Å². The molecule has 0 spiro atoms. The summed E-state index contributed by atoms with van der Waals surface area (Å²) >= 11 is 3.45. The summed E-state index contributed by atoms with van der Waals surface area (Å²) in [5.41, 5.74) is 3.59. The third-order valence-corrected chi connectivity index (χ3v) is 4.34. The first-order valence-electron chi connectivity index (χ1n) is 8.42. The van der Waals surface area contributed by atoms with E-state index in [-0.39, 0.29) is 0 Å². The fraction of sp³-hybridized carbons (Fsp3) is 0.222. The van der Waals surface area contributed by atoms with E-state index < -0.39 is 11.2 Å². The molecule has 2 N–H and O–H groups in total. The molecule has 3 rings (SSSR count). The molecule has 8 nitrogen and oxygen atoms in total. The van der Waals surface area contributed by atoms with Gasteiger partial charge in [-0.15, -0.1) is 0 Å². The largest absolute Gasteiger partial charge is 0.329 e. The van der Waals surface area contributed by atoms with E-state index in [0.29, 0.717) is 23.7 Å². The van der Waals surface area contributed by atoms with Crippen molar-refractivity contribution in [3.8, 4) is 0 Å². The average molecular weight is 431 g/mol. The molecule has 2 aromatic heterocycles. The van der Waals surface area contributed by atoms with Gasteiger partial charge < -0.3 is 4.57 Å². The monoisotopic (exact) mass is 430 g/mol. The van der Waals surface area contributed by atoms with Gasteiger partial charge in [-0.1, -0.05) is 37.3 Å². The van der Waals surface area contributed by atoms with Gasteiger partial charge in [0.05, 0.1) is 6.21 Å². The third kappa shape index (κ3) is 4.08. The number of H-pyrrole nitrogens is 1. The van der Waals surface area contributed by atoms with Gasteiger partial charge in [-0.05, 0) is 34.0 Å². The number of nitrogens with zero attached hydrogens (tertiary/aromatic N) is 4. The van der Waals surface area contributed by atoms with Crippen LogP contribution in [-0.4, -0.2) is 25.3 Å².